The number of rotatable bonds is 7. The van der Waals surface area contributed by atoms with E-state index in [1.807, 2.05) is 18.7 Å². The van der Waals surface area contributed by atoms with Gasteiger partial charge in [0.15, 0.2) is 0 Å². The molecular weight excluding hydrogens is 330 g/mol. The summed E-state index contributed by atoms with van der Waals surface area (Å²) in [6, 6.07) is 8.71. The quantitative estimate of drug-likeness (QED) is 0.772. The van der Waals surface area contributed by atoms with Crippen LogP contribution in [0.4, 0.5) is 0 Å². The monoisotopic (exact) mass is 359 g/mol. The average molecular weight is 359 g/mol. The number of nitrogens with one attached hydrogen (secondary N) is 1. The Morgan fingerprint density at radius 1 is 1.31 bits per heavy atom. The van der Waals surface area contributed by atoms with Crippen LogP contribution >= 0.6 is 0 Å². The fourth-order valence-electron chi connectivity index (χ4n) is 4.01. The molecule has 0 bridgehead atoms. The minimum Gasteiger partial charge on any atom is -0.480 e. The van der Waals surface area contributed by atoms with Crippen LogP contribution in [0.5, 0.6) is 0 Å². The van der Waals surface area contributed by atoms with E-state index in [9.17, 15) is 9.59 Å². The summed E-state index contributed by atoms with van der Waals surface area (Å²) >= 11 is 0. The molecule has 1 unspecified atom stereocenters. The van der Waals surface area contributed by atoms with Crippen molar-refractivity contribution < 1.29 is 14.7 Å². The summed E-state index contributed by atoms with van der Waals surface area (Å²) < 4.78 is 0. The lowest BCUT2D eigenvalue weighted by Gasteiger charge is -2.43. The summed E-state index contributed by atoms with van der Waals surface area (Å²) in [7, 11) is 0. The van der Waals surface area contributed by atoms with Crippen LogP contribution in [0.2, 0.25) is 0 Å². The van der Waals surface area contributed by atoms with Gasteiger partial charge >= 0.3 is 5.97 Å². The zero-order valence-electron chi connectivity index (χ0n) is 15.6. The first kappa shape index (κ1) is 18.9. The van der Waals surface area contributed by atoms with E-state index in [2.05, 4.69) is 34.5 Å². The third-order valence-electron chi connectivity index (χ3n) is 5.81. The maximum atomic E-state index is 12.6. The maximum absolute atomic E-state index is 12.6. The summed E-state index contributed by atoms with van der Waals surface area (Å²) in [4.78, 5) is 27.7. The lowest BCUT2D eigenvalue weighted by Crippen LogP contribution is -2.57. The number of carboxylic acids is 1. The molecule has 1 atom stereocenters. The van der Waals surface area contributed by atoms with E-state index >= 15 is 0 Å². The second-order valence-corrected chi connectivity index (χ2v) is 7.45. The molecule has 1 aromatic carbocycles. The Balaban J connectivity index is 1.47. The molecule has 142 valence electrons. The van der Waals surface area contributed by atoms with E-state index in [0.29, 0.717) is 0 Å². The fourth-order valence-corrected chi connectivity index (χ4v) is 4.01. The predicted octanol–water partition coefficient (Wildman–Crippen LogP) is 1.49. The van der Waals surface area contributed by atoms with Gasteiger partial charge in [0, 0.05) is 25.2 Å². The molecule has 1 saturated carbocycles. The van der Waals surface area contributed by atoms with Gasteiger partial charge in [0.25, 0.3) is 0 Å². The number of hydrogen-bond acceptors (Lipinski definition) is 4. The highest BCUT2D eigenvalue weighted by atomic mass is 16.4. The Kier molecular flexibility index (Phi) is 5.94. The summed E-state index contributed by atoms with van der Waals surface area (Å²) in [5.74, 6) is -0.715. The first-order valence-corrected chi connectivity index (χ1v) is 9.55. The second-order valence-electron chi connectivity index (χ2n) is 7.45. The largest absolute Gasteiger partial charge is 0.480 e. The van der Waals surface area contributed by atoms with Crippen LogP contribution in [0, 0.1) is 0 Å². The van der Waals surface area contributed by atoms with Crippen molar-refractivity contribution in [1.82, 2.24) is 15.1 Å². The molecule has 0 saturated heterocycles. The summed E-state index contributed by atoms with van der Waals surface area (Å²) in [6.07, 6.45) is 2.66. The van der Waals surface area contributed by atoms with E-state index in [1.54, 1.807) is 0 Å². The van der Waals surface area contributed by atoms with Crippen molar-refractivity contribution in [3.8, 4) is 0 Å². The highest BCUT2D eigenvalue weighted by Gasteiger charge is 2.36. The molecule has 3 rings (SSSR count). The Hall–Kier alpha value is -1.92. The standard InChI is InChI=1S/C20H29N3O3/c1-3-22(13-19(24)25)18-10-17(11-18)21-20(26)14(2)23-9-8-15-6-4-5-7-16(15)12-23/h4-7,14,17-18H,3,8-13H2,1-2H3,(H,21,26)(H,24,25). The lowest BCUT2D eigenvalue weighted by atomic mass is 9.85. The Labute approximate surface area is 155 Å². The minimum absolute atomic E-state index is 0.0748. The molecule has 2 aliphatic rings. The first-order chi connectivity index (χ1) is 12.5. The van der Waals surface area contributed by atoms with Crippen LogP contribution < -0.4 is 5.32 Å². The summed E-state index contributed by atoms with van der Waals surface area (Å²) in [6.45, 7) is 6.47. The highest BCUT2D eigenvalue weighted by molar-refractivity contribution is 5.81. The van der Waals surface area contributed by atoms with E-state index in [0.717, 1.165) is 38.9 Å². The second kappa shape index (κ2) is 8.18. The van der Waals surface area contributed by atoms with Crippen molar-refractivity contribution in [2.45, 2.75) is 57.8 Å². The average Bonchev–Trinajstić information content (AvgIpc) is 2.61. The number of aliphatic carboxylic acids is 1. The van der Waals surface area contributed by atoms with Crippen LogP contribution in [0.3, 0.4) is 0 Å². The molecule has 2 N–H and O–H groups in total. The van der Waals surface area contributed by atoms with Crippen LogP contribution in [-0.2, 0) is 22.6 Å². The Morgan fingerprint density at radius 2 is 2.00 bits per heavy atom. The topological polar surface area (TPSA) is 72.9 Å². The van der Waals surface area contributed by atoms with Gasteiger partial charge in [0.05, 0.1) is 12.6 Å². The zero-order valence-corrected chi connectivity index (χ0v) is 15.6. The molecule has 0 spiro atoms. The third kappa shape index (κ3) is 4.24. The normalized spacial score (nSPS) is 23.8. The van der Waals surface area contributed by atoms with Gasteiger partial charge in [-0.15, -0.1) is 0 Å². The Morgan fingerprint density at radius 3 is 2.65 bits per heavy atom. The molecular formula is C20H29N3O3. The number of fused-ring (bicyclic) bond motifs is 1. The van der Waals surface area contributed by atoms with Gasteiger partial charge in [-0.1, -0.05) is 31.2 Å². The smallest absolute Gasteiger partial charge is 0.317 e. The summed E-state index contributed by atoms with van der Waals surface area (Å²) in [5, 5.41) is 12.1. The van der Waals surface area contributed by atoms with Crippen molar-refractivity contribution in [3.63, 3.8) is 0 Å². The summed E-state index contributed by atoms with van der Waals surface area (Å²) in [5.41, 5.74) is 2.70. The van der Waals surface area contributed by atoms with Gasteiger partial charge in [-0.25, -0.2) is 0 Å². The molecule has 1 aliphatic carbocycles. The number of carbonyl (C=O) groups excluding carboxylic acids is 1. The van der Waals surface area contributed by atoms with Crippen molar-refractivity contribution >= 4 is 11.9 Å². The Bertz CT molecular complexity index is 657. The van der Waals surface area contributed by atoms with Crippen molar-refractivity contribution in [1.29, 1.82) is 0 Å². The van der Waals surface area contributed by atoms with Crippen LogP contribution in [-0.4, -0.2) is 64.5 Å². The van der Waals surface area contributed by atoms with Crippen molar-refractivity contribution in [2.75, 3.05) is 19.6 Å². The molecule has 1 aromatic rings. The lowest BCUT2D eigenvalue weighted by molar-refractivity contribution is -0.140. The van der Waals surface area contributed by atoms with E-state index in [1.165, 1.54) is 11.1 Å². The zero-order chi connectivity index (χ0) is 18.7. The minimum atomic E-state index is -0.793. The number of nitrogens with zero attached hydrogens (tertiary/aromatic N) is 2. The molecule has 1 amide bonds. The number of carboxylic acid groups (broad SMARTS) is 1. The number of likely N-dealkylation sites (N-methyl/N-ethyl adjacent to an activating group) is 1. The molecule has 1 fully saturated rings. The predicted molar refractivity (Wildman–Crippen MR) is 99.9 cm³/mol. The van der Waals surface area contributed by atoms with Gasteiger partial charge < -0.3 is 10.4 Å². The number of amides is 1. The van der Waals surface area contributed by atoms with Gasteiger partial charge in [-0.2, -0.15) is 0 Å². The SMILES string of the molecule is CCN(CC(=O)O)C1CC(NC(=O)C(C)N2CCc3ccccc3C2)C1. The molecule has 26 heavy (non-hydrogen) atoms. The number of carbonyl (C=O) groups is 2. The van der Waals surface area contributed by atoms with Gasteiger partial charge in [-0.3, -0.25) is 19.4 Å². The van der Waals surface area contributed by atoms with Crippen molar-refractivity contribution in [2.24, 2.45) is 0 Å². The molecule has 0 radical (unpaired) electrons. The van der Waals surface area contributed by atoms with Gasteiger partial charge in [0.2, 0.25) is 5.91 Å². The third-order valence-corrected chi connectivity index (χ3v) is 5.81. The van der Waals surface area contributed by atoms with E-state index in [-0.39, 0.29) is 30.6 Å². The van der Waals surface area contributed by atoms with E-state index in [4.69, 9.17) is 5.11 Å². The molecule has 1 heterocycles. The molecule has 1 aliphatic heterocycles. The first-order valence-electron chi connectivity index (χ1n) is 9.55. The van der Waals surface area contributed by atoms with Crippen LogP contribution in [0.25, 0.3) is 0 Å². The molecule has 6 heteroatoms. The number of hydrogen-bond donors (Lipinski definition) is 2. The van der Waals surface area contributed by atoms with Crippen LogP contribution in [0.1, 0.15) is 37.8 Å². The molecule has 6 nitrogen and oxygen atoms in total. The highest BCUT2D eigenvalue weighted by Crippen LogP contribution is 2.26. The molecule has 0 aromatic heterocycles. The van der Waals surface area contributed by atoms with E-state index < -0.39 is 5.97 Å². The van der Waals surface area contributed by atoms with Gasteiger partial charge in [-0.05, 0) is 43.9 Å². The number of benzene rings is 1. The maximum Gasteiger partial charge on any atom is 0.317 e. The van der Waals surface area contributed by atoms with Crippen molar-refractivity contribution in [3.05, 3.63) is 35.4 Å². The van der Waals surface area contributed by atoms with Crippen LogP contribution in [0.15, 0.2) is 24.3 Å². The fraction of sp³-hybridized carbons (Fsp3) is 0.600. The van der Waals surface area contributed by atoms with Gasteiger partial charge in [0.1, 0.15) is 0 Å².